The second-order valence-corrected chi connectivity index (χ2v) is 7.22. The summed E-state index contributed by atoms with van der Waals surface area (Å²) < 4.78 is 38.9. The van der Waals surface area contributed by atoms with Gasteiger partial charge in [0.05, 0.1) is 11.8 Å². The van der Waals surface area contributed by atoms with Crippen LogP contribution < -0.4 is 10.6 Å². The molecule has 0 unspecified atom stereocenters. The van der Waals surface area contributed by atoms with Crippen molar-refractivity contribution in [2.45, 2.75) is 31.5 Å². The van der Waals surface area contributed by atoms with E-state index in [2.05, 4.69) is 25.1 Å². The predicted octanol–water partition coefficient (Wildman–Crippen LogP) is 3.36. The molecule has 3 aromatic rings. The van der Waals surface area contributed by atoms with E-state index >= 15 is 0 Å². The monoisotopic (exact) mass is 376 g/mol. The third-order valence-electron chi connectivity index (χ3n) is 4.95. The molecule has 142 valence electrons. The number of alkyl halides is 3. The van der Waals surface area contributed by atoms with Crippen molar-refractivity contribution in [3.05, 3.63) is 36.0 Å². The van der Waals surface area contributed by atoms with Gasteiger partial charge in [0.2, 0.25) is 0 Å². The third kappa shape index (κ3) is 3.46. The van der Waals surface area contributed by atoms with Crippen LogP contribution in [0.1, 0.15) is 25.3 Å². The summed E-state index contributed by atoms with van der Waals surface area (Å²) in [5.74, 6) is 0.706. The Morgan fingerprint density at radius 2 is 1.96 bits per heavy atom. The molecule has 0 amide bonds. The summed E-state index contributed by atoms with van der Waals surface area (Å²) in [6.45, 7) is 3.60. The number of aromatic nitrogens is 4. The number of aromatic amines is 1. The standard InChI is InChI=1S/C18H19F3N6/c1-17(22)5-7-27(8-6-17)13-10-23-15-14(25-26-16(15)24-13)11-3-2-4-12(9-11)18(19,20)21/h2-4,9-10H,5-8,22H2,1H3,(H,24,25,26). The van der Waals surface area contributed by atoms with E-state index in [1.54, 1.807) is 12.3 Å². The normalized spacial score (nSPS) is 17.4. The lowest BCUT2D eigenvalue weighted by Crippen LogP contribution is -2.48. The molecule has 1 aliphatic rings. The predicted molar refractivity (Wildman–Crippen MR) is 96.2 cm³/mol. The maximum absolute atomic E-state index is 13.0. The van der Waals surface area contributed by atoms with Crippen LogP contribution in [0.15, 0.2) is 30.5 Å². The van der Waals surface area contributed by atoms with Gasteiger partial charge in [-0.05, 0) is 31.9 Å². The van der Waals surface area contributed by atoms with Gasteiger partial charge in [0.1, 0.15) is 17.0 Å². The van der Waals surface area contributed by atoms with Crippen LogP contribution in [-0.4, -0.2) is 38.8 Å². The van der Waals surface area contributed by atoms with Crippen LogP contribution in [0.3, 0.4) is 0 Å². The number of nitrogens with zero attached hydrogens (tertiary/aromatic N) is 4. The fraction of sp³-hybridized carbons (Fsp3) is 0.389. The number of nitrogens with two attached hydrogens (primary N) is 1. The largest absolute Gasteiger partial charge is 0.416 e. The Bertz CT molecular complexity index is 969. The van der Waals surface area contributed by atoms with Crippen molar-refractivity contribution >= 4 is 17.0 Å². The zero-order valence-corrected chi connectivity index (χ0v) is 14.7. The molecular formula is C18H19F3N6. The lowest BCUT2D eigenvalue weighted by Gasteiger charge is -2.37. The van der Waals surface area contributed by atoms with E-state index in [1.165, 1.54) is 6.07 Å². The molecule has 2 aromatic heterocycles. The van der Waals surface area contributed by atoms with Crippen LogP contribution in [0.5, 0.6) is 0 Å². The number of hydrogen-bond donors (Lipinski definition) is 2. The highest BCUT2D eigenvalue weighted by Gasteiger charge is 2.31. The molecule has 1 fully saturated rings. The van der Waals surface area contributed by atoms with Crippen molar-refractivity contribution in [1.29, 1.82) is 0 Å². The maximum atomic E-state index is 13.0. The number of rotatable bonds is 2. The summed E-state index contributed by atoms with van der Waals surface area (Å²) in [6, 6.07) is 5.03. The molecule has 4 rings (SSSR count). The van der Waals surface area contributed by atoms with Gasteiger partial charge < -0.3 is 10.6 Å². The topological polar surface area (TPSA) is 83.7 Å². The van der Waals surface area contributed by atoms with Gasteiger partial charge in [0.15, 0.2) is 5.65 Å². The lowest BCUT2D eigenvalue weighted by atomic mass is 9.91. The van der Waals surface area contributed by atoms with E-state index in [9.17, 15) is 13.2 Å². The van der Waals surface area contributed by atoms with Crippen LogP contribution >= 0.6 is 0 Å². The Hall–Kier alpha value is -2.68. The molecule has 0 aliphatic carbocycles. The summed E-state index contributed by atoms with van der Waals surface area (Å²) >= 11 is 0. The molecule has 1 aliphatic heterocycles. The summed E-state index contributed by atoms with van der Waals surface area (Å²) in [5.41, 5.74) is 6.85. The molecule has 0 spiro atoms. The summed E-state index contributed by atoms with van der Waals surface area (Å²) in [7, 11) is 0. The number of nitrogens with one attached hydrogen (secondary N) is 1. The summed E-state index contributed by atoms with van der Waals surface area (Å²) in [4.78, 5) is 11.1. The zero-order valence-electron chi connectivity index (χ0n) is 14.7. The van der Waals surface area contributed by atoms with E-state index in [0.29, 0.717) is 28.2 Å². The van der Waals surface area contributed by atoms with E-state index in [0.717, 1.165) is 38.1 Å². The van der Waals surface area contributed by atoms with Crippen LogP contribution in [-0.2, 0) is 6.18 Å². The van der Waals surface area contributed by atoms with Gasteiger partial charge in [0.25, 0.3) is 0 Å². The Morgan fingerprint density at radius 3 is 2.67 bits per heavy atom. The molecule has 1 aromatic carbocycles. The van der Waals surface area contributed by atoms with E-state index in [1.807, 2.05) is 6.92 Å². The van der Waals surface area contributed by atoms with Gasteiger partial charge in [-0.25, -0.2) is 9.97 Å². The first-order valence-electron chi connectivity index (χ1n) is 8.66. The van der Waals surface area contributed by atoms with Gasteiger partial charge in [-0.3, -0.25) is 5.10 Å². The number of hydrogen-bond acceptors (Lipinski definition) is 5. The second-order valence-electron chi connectivity index (χ2n) is 7.22. The molecule has 1 saturated heterocycles. The highest BCUT2D eigenvalue weighted by Crippen LogP contribution is 2.33. The quantitative estimate of drug-likeness (QED) is 0.717. The number of fused-ring (bicyclic) bond motifs is 1. The molecule has 0 saturated carbocycles. The number of anilines is 1. The molecule has 9 heteroatoms. The Kier molecular flexibility index (Phi) is 4.06. The first-order valence-corrected chi connectivity index (χ1v) is 8.66. The maximum Gasteiger partial charge on any atom is 0.416 e. The minimum atomic E-state index is -4.41. The van der Waals surface area contributed by atoms with Crippen LogP contribution in [0.25, 0.3) is 22.4 Å². The zero-order chi connectivity index (χ0) is 19.2. The average molecular weight is 376 g/mol. The molecule has 0 radical (unpaired) electrons. The van der Waals surface area contributed by atoms with Crippen molar-refractivity contribution in [1.82, 2.24) is 20.2 Å². The van der Waals surface area contributed by atoms with Crippen molar-refractivity contribution in [2.24, 2.45) is 5.73 Å². The average Bonchev–Trinajstić information content (AvgIpc) is 3.04. The van der Waals surface area contributed by atoms with Crippen molar-refractivity contribution < 1.29 is 13.2 Å². The fourth-order valence-electron chi connectivity index (χ4n) is 3.24. The van der Waals surface area contributed by atoms with Gasteiger partial charge in [-0.2, -0.15) is 18.3 Å². The van der Waals surface area contributed by atoms with Crippen molar-refractivity contribution in [2.75, 3.05) is 18.0 Å². The number of H-pyrrole nitrogens is 1. The van der Waals surface area contributed by atoms with Crippen molar-refractivity contribution in [3.8, 4) is 11.3 Å². The molecule has 3 N–H and O–H groups in total. The molecule has 3 heterocycles. The second kappa shape index (κ2) is 6.19. The van der Waals surface area contributed by atoms with E-state index < -0.39 is 11.7 Å². The first kappa shape index (κ1) is 17.7. The van der Waals surface area contributed by atoms with E-state index in [4.69, 9.17) is 5.73 Å². The Morgan fingerprint density at radius 1 is 1.22 bits per heavy atom. The molecular weight excluding hydrogens is 357 g/mol. The smallest absolute Gasteiger partial charge is 0.355 e. The minimum Gasteiger partial charge on any atom is -0.355 e. The van der Waals surface area contributed by atoms with Gasteiger partial charge in [-0.15, -0.1) is 0 Å². The molecule has 27 heavy (non-hydrogen) atoms. The van der Waals surface area contributed by atoms with Crippen molar-refractivity contribution in [3.63, 3.8) is 0 Å². The van der Waals surface area contributed by atoms with Gasteiger partial charge in [0, 0.05) is 24.2 Å². The van der Waals surface area contributed by atoms with Gasteiger partial charge in [-0.1, -0.05) is 12.1 Å². The number of benzene rings is 1. The van der Waals surface area contributed by atoms with Crippen LogP contribution in [0, 0.1) is 0 Å². The Balaban J connectivity index is 1.66. The summed E-state index contributed by atoms with van der Waals surface area (Å²) in [5, 5.41) is 6.93. The van der Waals surface area contributed by atoms with Crippen LogP contribution in [0.2, 0.25) is 0 Å². The number of piperidine rings is 1. The fourth-order valence-corrected chi connectivity index (χ4v) is 3.24. The van der Waals surface area contributed by atoms with Gasteiger partial charge >= 0.3 is 6.18 Å². The minimum absolute atomic E-state index is 0.168. The Labute approximate surface area is 153 Å². The molecule has 0 bridgehead atoms. The van der Waals surface area contributed by atoms with E-state index in [-0.39, 0.29) is 5.54 Å². The SMILES string of the molecule is CC1(N)CCN(c2cnc3c(-c4cccc(C(F)(F)F)c4)n[nH]c3n2)CC1. The van der Waals surface area contributed by atoms with Crippen LogP contribution in [0.4, 0.5) is 19.0 Å². The number of halogens is 3. The molecule has 6 nitrogen and oxygen atoms in total. The summed E-state index contributed by atoms with van der Waals surface area (Å²) in [6.07, 6.45) is -1.07. The first-order chi connectivity index (χ1) is 12.7. The third-order valence-corrected chi connectivity index (χ3v) is 4.95. The highest BCUT2D eigenvalue weighted by atomic mass is 19.4. The lowest BCUT2D eigenvalue weighted by molar-refractivity contribution is -0.137. The highest BCUT2D eigenvalue weighted by molar-refractivity contribution is 5.88. The molecule has 0 atom stereocenters.